The van der Waals surface area contributed by atoms with Gasteiger partial charge in [-0.05, 0) is 74.5 Å². The number of amides is 1. The molecule has 3 aromatic carbocycles. The number of nitrogens with one attached hydrogen (secondary N) is 2. The number of fused-ring (bicyclic) bond motifs is 2. The maximum Gasteiger partial charge on any atom is 0.255 e. The molecule has 0 saturated heterocycles. The van der Waals surface area contributed by atoms with Crippen LogP contribution in [0.25, 0.3) is 33.2 Å². The van der Waals surface area contributed by atoms with Crippen LogP contribution in [0.2, 0.25) is 5.02 Å². The Hall–Kier alpha value is -6.54. The van der Waals surface area contributed by atoms with Crippen LogP contribution in [0.1, 0.15) is 45.8 Å². The molecule has 8 aromatic rings. The minimum Gasteiger partial charge on any atom is -0.471 e. The van der Waals surface area contributed by atoms with Gasteiger partial charge in [-0.25, -0.2) is 28.1 Å². The summed E-state index contributed by atoms with van der Waals surface area (Å²) in [4.78, 5) is 31.0. The van der Waals surface area contributed by atoms with Gasteiger partial charge in [-0.3, -0.25) is 14.9 Å². The van der Waals surface area contributed by atoms with E-state index in [0.717, 1.165) is 11.8 Å². The maximum atomic E-state index is 15.9. The van der Waals surface area contributed by atoms with Gasteiger partial charge in [0.1, 0.15) is 35.4 Å². The first kappa shape index (κ1) is 35.5. The summed E-state index contributed by atoms with van der Waals surface area (Å²) >= 11 is 5.91. The van der Waals surface area contributed by atoms with E-state index in [1.165, 1.54) is 18.3 Å². The molecule has 2 N–H and O–H groups in total. The van der Waals surface area contributed by atoms with E-state index in [2.05, 4.69) is 30.5 Å². The van der Waals surface area contributed by atoms with Gasteiger partial charge in [-0.1, -0.05) is 17.7 Å². The van der Waals surface area contributed by atoms with E-state index >= 15 is 8.78 Å². The summed E-state index contributed by atoms with van der Waals surface area (Å²) in [6, 6.07) is 18.7. The first-order valence-corrected chi connectivity index (χ1v) is 17.6. The van der Waals surface area contributed by atoms with Crippen molar-refractivity contribution >= 4 is 45.1 Å². The number of hydrogen-bond donors (Lipinski definition) is 2. The van der Waals surface area contributed by atoms with E-state index in [-0.39, 0.29) is 41.1 Å². The van der Waals surface area contributed by atoms with Crippen molar-refractivity contribution in [1.29, 1.82) is 0 Å². The van der Waals surface area contributed by atoms with Gasteiger partial charge in [0.2, 0.25) is 5.88 Å². The summed E-state index contributed by atoms with van der Waals surface area (Å²) < 4.78 is 56.2. The normalized spacial score (nSPS) is 11.5. The lowest BCUT2D eigenvalue weighted by Gasteiger charge is -2.13. The third-order valence-electron chi connectivity index (χ3n) is 9.27. The minimum atomic E-state index is -0.768. The topological polar surface area (TPSA) is 128 Å². The zero-order chi connectivity index (χ0) is 38.2. The molecule has 0 aliphatic carbocycles. The zero-order valence-electron chi connectivity index (χ0n) is 29.4. The van der Waals surface area contributed by atoms with Gasteiger partial charge < -0.3 is 19.2 Å². The van der Waals surface area contributed by atoms with Gasteiger partial charge in [0.05, 0.1) is 51.7 Å². The van der Waals surface area contributed by atoms with Crippen LogP contribution in [0, 0.1) is 24.4 Å². The predicted molar refractivity (Wildman–Crippen MR) is 201 cm³/mol. The molecule has 0 fully saturated rings. The summed E-state index contributed by atoms with van der Waals surface area (Å²) in [6.07, 6.45) is 4.79. The number of halogens is 4. The van der Waals surface area contributed by atoms with Crippen LogP contribution in [0.15, 0.2) is 91.5 Å². The quantitative estimate of drug-likeness (QED) is 0.135. The van der Waals surface area contributed by atoms with Crippen LogP contribution in [-0.2, 0) is 26.1 Å². The number of carbonyl (C=O) groups excluding carboxylic acids is 1. The average Bonchev–Trinajstić information content (AvgIpc) is 3.89. The number of imidazole rings is 2. The molecule has 0 aliphatic rings. The Morgan fingerprint density at radius 1 is 0.964 bits per heavy atom. The Kier molecular flexibility index (Phi) is 9.49. The molecule has 8 rings (SSSR count). The number of hydrogen-bond acceptors (Lipinski definition) is 7. The predicted octanol–water partition coefficient (Wildman–Crippen LogP) is 8.44. The molecule has 0 bridgehead atoms. The van der Waals surface area contributed by atoms with Crippen molar-refractivity contribution in [2.75, 3.05) is 5.32 Å². The molecule has 0 radical (unpaired) electrons. The number of nitrogens with zero attached hydrogens (tertiary/aromatic N) is 7. The highest BCUT2D eigenvalue weighted by molar-refractivity contribution is 6.30. The molecule has 0 aliphatic heterocycles. The summed E-state index contributed by atoms with van der Waals surface area (Å²) in [6.45, 7) is 4.83. The number of pyridine rings is 2. The number of anilines is 1. The van der Waals surface area contributed by atoms with Crippen molar-refractivity contribution in [2.45, 2.75) is 40.0 Å². The fourth-order valence-corrected chi connectivity index (χ4v) is 6.52. The molecule has 0 spiro atoms. The average molecular weight is 762 g/mol. The van der Waals surface area contributed by atoms with Crippen LogP contribution in [0.5, 0.6) is 5.88 Å². The summed E-state index contributed by atoms with van der Waals surface area (Å²) in [5, 5.41) is 10.5. The molecule has 0 saturated carbocycles. The van der Waals surface area contributed by atoms with E-state index < -0.39 is 23.4 Å². The van der Waals surface area contributed by atoms with Crippen LogP contribution >= 0.6 is 11.6 Å². The number of H-pyrrole nitrogens is 1. The lowest BCUT2D eigenvalue weighted by atomic mass is 10.0. The first-order chi connectivity index (χ1) is 26.6. The van der Waals surface area contributed by atoms with E-state index in [9.17, 15) is 9.18 Å². The molecule has 55 heavy (non-hydrogen) atoms. The molecule has 15 heteroatoms. The second-order valence-electron chi connectivity index (χ2n) is 12.8. The van der Waals surface area contributed by atoms with Crippen molar-refractivity contribution in [3.05, 3.63) is 148 Å². The second-order valence-corrected chi connectivity index (χ2v) is 13.3. The van der Waals surface area contributed by atoms with Gasteiger partial charge in [0.25, 0.3) is 5.91 Å². The van der Waals surface area contributed by atoms with Gasteiger partial charge in [0, 0.05) is 59.2 Å². The molecule has 5 heterocycles. The van der Waals surface area contributed by atoms with E-state index in [1.807, 2.05) is 16.1 Å². The molecular formula is C40H31ClF3N9O2. The second kappa shape index (κ2) is 14.7. The largest absolute Gasteiger partial charge is 0.471 e. The van der Waals surface area contributed by atoms with Crippen molar-refractivity contribution < 1.29 is 22.7 Å². The Balaban J connectivity index is 1.08. The van der Waals surface area contributed by atoms with Crippen molar-refractivity contribution in [3.8, 4) is 17.1 Å². The SMILES string of the molecule is CCn1cncc1Cn1c(Cc2c(F)cc(-c3cccc(OCc4ccc(Cl)cn4)n3)cc2F)nc2cc(NC(=O)c3cc(F)c4[nH]nc(C)c4c3)ccc21. The van der Waals surface area contributed by atoms with E-state index in [0.29, 0.717) is 63.1 Å². The Morgan fingerprint density at radius 3 is 2.58 bits per heavy atom. The number of aromatic nitrogens is 8. The summed E-state index contributed by atoms with van der Waals surface area (Å²) in [5.41, 5.74) is 4.35. The third kappa shape index (κ3) is 7.23. The third-order valence-corrected chi connectivity index (χ3v) is 9.50. The fraction of sp³-hybridized carbons (Fsp3) is 0.150. The first-order valence-electron chi connectivity index (χ1n) is 17.3. The van der Waals surface area contributed by atoms with E-state index in [4.69, 9.17) is 21.3 Å². The van der Waals surface area contributed by atoms with Gasteiger partial charge in [-0.15, -0.1) is 0 Å². The van der Waals surface area contributed by atoms with Crippen LogP contribution < -0.4 is 10.1 Å². The number of ether oxygens (including phenoxy) is 1. The number of benzene rings is 3. The Labute approximate surface area is 316 Å². The van der Waals surface area contributed by atoms with Crippen LogP contribution in [0.4, 0.5) is 18.9 Å². The highest BCUT2D eigenvalue weighted by Crippen LogP contribution is 2.29. The minimum absolute atomic E-state index is 0.118. The number of carbonyl (C=O) groups is 1. The smallest absolute Gasteiger partial charge is 0.255 e. The molecule has 0 unspecified atom stereocenters. The monoisotopic (exact) mass is 761 g/mol. The van der Waals surface area contributed by atoms with E-state index in [1.54, 1.807) is 74.0 Å². The highest BCUT2D eigenvalue weighted by atomic mass is 35.5. The number of rotatable bonds is 11. The number of aryl methyl sites for hydroxylation is 2. The van der Waals surface area contributed by atoms with Gasteiger partial charge in [-0.2, -0.15) is 5.10 Å². The van der Waals surface area contributed by atoms with Crippen molar-refractivity contribution in [2.24, 2.45) is 0 Å². The molecule has 276 valence electrons. The molecule has 0 atom stereocenters. The summed E-state index contributed by atoms with van der Waals surface area (Å²) in [5.74, 6) is -2.01. The van der Waals surface area contributed by atoms with Crippen LogP contribution in [0.3, 0.4) is 0 Å². The summed E-state index contributed by atoms with van der Waals surface area (Å²) in [7, 11) is 0. The van der Waals surface area contributed by atoms with Gasteiger partial charge >= 0.3 is 0 Å². The molecular weight excluding hydrogens is 731 g/mol. The lowest BCUT2D eigenvalue weighted by molar-refractivity contribution is 0.102. The molecule has 1 amide bonds. The zero-order valence-corrected chi connectivity index (χ0v) is 30.2. The lowest BCUT2D eigenvalue weighted by Crippen LogP contribution is -2.12. The van der Waals surface area contributed by atoms with Crippen molar-refractivity contribution in [3.63, 3.8) is 0 Å². The fourth-order valence-electron chi connectivity index (χ4n) is 6.41. The van der Waals surface area contributed by atoms with Gasteiger partial charge in [0.15, 0.2) is 0 Å². The maximum absolute atomic E-state index is 15.9. The highest BCUT2D eigenvalue weighted by Gasteiger charge is 2.21. The number of aromatic amines is 1. The van der Waals surface area contributed by atoms with Crippen LogP contribution in [-0.4, -0.2) is 45.2 Å². The Morgan fingerprint density at radius 2 is 1.80 bits per heavy atom. The van der Waals surface area contributed by atoms with Crippen molar-refractivity contribution in [1.82, 2.24) is 39.3 Å². The standard InChI is InChI=1S/C40H31ClF3N9O2/c1-3-52-21-45-18-28(52)19-53-36-10-9-26(47-40(54)24-11-29-22(2)50-51-39(29)33(44)14-24)15-35(36)48-37(53)16-30-31(42)12-23(13-32(30)43)34-5-4-6-38(49-34)55-20-27-8-7-25(41)17-46-27/h4-15,17-18,21H,3,16,19-20H2,1-2H3,(H,47,54)(H,50,51). The molecule has 11 nitrogen and oxygen atoms in total. The molecule has 5 aromatic heterocycles. The Bertz CT molecular complexity index is 2700.